The highest BCUT2D eigenvalue weighted by Gasteiger charge is 2.56. The first-order valence-electron chi connectivity index (χ1n) is 11.8. The molecule has 2 saturated heterocycles. The van der Waals surface area contributed by atoms with Gasteiger partial charge in [-0.3, -0.25) is 4.90 Å². The summed E-state index contributed by atoms with van der Waals surface area (Å²) in [6.07, 6.45) is 4.64. The minimum absolute atomic E-state index is 0.0330. The fourth-order valence-corrected chi connectivity index (χ4v) is 7.65. The fraction of sp³-hybridized carbons (Fsp3) is 0.481. The van der Waals surface area contributed by atoms with E-state index >= 15 is 0 Å². The number of nitrogens with zero attached hydrogens (tertiary/aromatic N) is 2. The van der Waals surface area contributed by atoms with Crippen LogP contribution in [0.3, 0.4) is 0 Å². The first kappa shape index (κ1) is 20.7. The van der Waals surface area contributed by atoms with Crippen molar-refractivity contribution < 1.29 is 9.13 Å². The largest absolute Gasteiger partial charge is 0.385 e. The molecule has 4 heterocycles. The Bertz CT molecular complexity index is 1170. The highest BCUT2D eigenvalue weighted by Crippen LogP contribution is 2.56. The molecule has 3 aromatic rings. The Labute approximate surface area is 194 Å². The Kier molecular flexibility index (Phi) is 4.90. The fourth-order valence-electron chi connectivity index (χ4n) is 7.47. The van der Waals surface area contributed by atoms with Gasteiger partial charge in [0.05, 0.1) is 5.52 Å². The van der Waals surface area contributed by atoms with Gasteiger partial charge in [-0.25, -0.2) is 4.39 Å². The van der Waals surface area contributed by atoms with Crippen LogP contribution in [-0.4, -0.2) is 42.3 Å². The average Bonchev–Trinajstić information content (AvgIpc) is 3.06. The van der Waals surface area contributed by atoms with E-state index in [0.717, 1.165) is 36.7 Å². The van der Waals surface area contributed by atoms with E-state index in [2.05, 4.69) is 28.5 Å². The van der Waals surface area contributed by atoms with Crippen molar-refractivity contribution in [2.45, 2.75) is 44.1 Å². The first-order valence-corrected chi connectivity index (χ1v) is 12.2. The number of halogens is 2. The zero-order valence-corrected chi connectivity index (χ0v) is 19.5. The lowest BCUT2D eigenvalue weighted by Crippen LogP contribution is -2.63. The van der Waals surface area contributed by atoms with Crippen molar-refractivity contribution in [2.24, 2.45) is 11.8 Å². The molecule has 3 fully saturated rings. The van der Waals surface area contributed by atoms with Gasteiger partial charge in [-0.1, -0.05) is 18.5 Å². The van der Waals surface area contributed by atoms with Gasteiger partial charge in [0.15, 0.2) is 0 Å². The van der Waals surface area contributed by atoms with Crippen molar-refractivity contribution in [1.82, 2.24) is 9.47 Å². The number of rotatable bonds is 4. The van der Waals surface area contributed by atoms with Gasteiger partial charge in [-0.15, -0.1) is 0 Å². The number of hydrogen-bond acceptors (Lipinski definition) is 2. The van der Waals surface area contributed by atoms with Gasteiger partial charge in [-0.05, 0) is 85.5 Å². The molecule has 0 N–H and O–H groups in total. The minimum atomic E-state index is -0.201. The molecule has 0 spiro atoms. The Hall–Kier alpha value is -1.88. The highest BCUT2D eigenvalue weighted by molar-refractivity contribution is 6.31. The van der Waals surface area contributed by atoms with Gasteiger partial charge in [0.2, 0.25) is 0 Å². The third-order valence-corrected chi connectivity index (χ3v) is 8.57. The van der Waals surface area contributed by atoms with Crippen LogP contribution in [0.2, 0.25) is 5.02 Å². The normalized spacial score (nSPS) is 31.0. The van der Waals surface area contributed by atoms with E-state index in [9.17, 15) is 4.39 Å². The lowest BCUT2D eigenvalue weighted by molar-refractivity contribution is -0.0593. The monoisotopic (exact) mass is 452 g/mol. The van der Waals surface area contributed by atoms with Gasteiger partial charge >= 0.3 is 0 Å². The SMILES string of the molecule is COCCC1CC2CN3CCc4c(n(-c5ccc(F)cc5)c5ccc(Cl)cc45)C(C)(C2)C13. The molecule has 1 aromatic heterocycles. The van der Waals surface area contributed by atoms with Crippen LogP contribution in [0, 0.1) is 17.7 Å². The van der Waals surface area contributed by atoms with E-state index < -0.39 is 0 Å². The molecule has 0 radical (unpaired) electrons. The van der Waals surface area contributed by atoms with Crippen LogP contribution >= 0.6 is 11.6 Å². The maximum absolute atomic E-state index is 13.8. The van der Waals surface area contributed by atoms with E-state index in [1.165, 1.54) is 41.5 Å². The Morgan fingerprint density at radius 1 is 1.19 bits per heavy atom. The maximum Gasteiger partial charge on any atom is 0.123 e. The third kappa shape index (κ3) is 2.99. The van der Waals surface area contributed by atoms with E-state index in [4.69, 9.17) is 16.3 Å². The number of aromatic nitrogens is 1. The standard InChI is InChI=1S/C27H30ClFN2O/c1-27-15-17-13-18(10-12-32-2)25(27)30(16-17)11-9-22-23-14-19(28)3-8-24(23)31(26(22)27)21-6-4-20(29)5-7-21/h3-8,14,17-18,25H,9-13,15-16H2,1-2H3. The molecule has 5 atom stereocenters. The molecule has 1 aliphatic carbocycles. The van der Waals surface area contributed by atoms with Crippen molar-refractivity contribution in [3.63, 3.8) is 0 Å². The lowest BCUT2D eigenvalue weighted by atomic mass is 9.57. The predicted octanol–water partition coefficient (Wildman–Crippen LogP) is 5.98. The molecule has 7 rings (SSSR count). The molecule has 4 aliphatic rings. The van der Waals surface area contributed by atoms with Crippen molar-refractivity contribution in [1.29, 1.82) is 0 Å². The van der Waals surface area contributed by atoms with Gasteiger partial charge in [0.25, 0.3) is 0 Å². The van der Waals surface area contributed by atoms with Crippen LogP contribution < -0.4 is 0 Å². The zero-order valence-electron chi connectivity index (χ0n) is 18.8. The Balaban J connectivity index is 1.62. The summed E-state index contributed by atoms with van der Waals surface area (Å²) in [6, 6.07) is 13.7. The van der Waals surface area contributed by atoms with Crippen LogP contribution in [-0.2, 0) is 16.6 Å². The molecular formula is C27H30ClFN2O. The summed E-state index contributed by atoms with van der Waals surface area (Å²) in [5.74, 6) is 1.15. The summed E-state index contributed by atoms with van der Waals surface area (Å²) in [7, 11) is 1.81. The second kappa shape index (κ2) is 7.58. The zero-order chi connectivity index (χ0) is 22.0. The number of benzene rings is 2. The third-order valence-electron chi connectivity index (χ3n) is 8.34. The summed E-state index contributed by atoms with van der Waals surface area (Å²) >= 11 is 6.48. The molecule has 1 saturated carbocycles. The summed E-state index contributed by atoms with van der Waals surface area (Å²) in [5.41, 5.74) is 5.08. The quantitative estimate of drug-likeness (QED) is 0.484. The maximum atomic E-state index is 13.8. The topological polar surface area (TPSA) is 17.4 Å². The first-order chi connectivity index (χ1) is 15.5. The van der Waals surface area contributed by atoms with Crippen molar-refractivity contribution in [3.05, 3.63) is 64.6 Å². The van der Waals surface area contributed by atoms with Crippen LogP contribution in [0.4, 0.5) is 4.39 Å². The van der Waals surface area contributed by atoms with E-state index in [0.29, 0.717) is 17.9 Å². The number of fused-ring (bicyclic) bond motifs is 4. The molecule has 3 aliphatic heterocycles. The number of hydrogen-bond donors (Lipinski definition) is 0. The Morgan fingerprint density at radius 2 is 2.00 bits per heavy atom. The second-order valence-electron chi connectivity index (χ2n) is 10.3. The van der Waals surface area contributed by atoms with Gasteiger partial charge in [0.1, 0.15) is 5.82 Å². The van der Waals surface area contributed by atoms with Gasteiger partial charge < -0.3 is 9.30 Å². The minimum Gasteiger partial charge on any atom is -0.385 e. The molecular weight excluding hydrogens is 423 g/mol. The molecule has 5 heteroatoms. The molecule has 2 aromatic carbocycles. The Morgan fingerprint density at radius 3 is 2.78 bits per heavy atom. The smallest absolute Gasteiger partial charge is 0.123 e. The second-order valence-corrected chi connectivity index (χ2v) is 10.7. The molecule has 4 bridgehead atoms. The summed E-state index contributed by atoms with van der Waals surface area (Å²) < 4.78 is 21.7. The molecule has 0 amide bonds. The summed E-state index contributed by atoms with van der Waals surface area (Å²) in [5, 5.41) is 2.02. The van der Waals surface area contributed by atoms with Gasteiger partial charge in [0, 0.05) is 60.1 Å². The summed E-state index contributed by atoms with van der Waals surface area (Å²) in [4.78, 5) is 2.77. The van der Waals surface area contributed by atoms with Crippen molar-refractivity contribution >= 4 is 22.5 Å². The predicted molar refractivity (Wildman–Crippen MR) is 127 cm³/mol. The van der Waals surface area contributed by atoms with Crippen molar-refractivity contribution in [3.8, 4) is 5.69 Å². The average molecular weight is 453 g/mol. The molecule has 3 nitrogen and oxygen atoms in total. The van der Waals surface area contributed by atoms with Crippen LogP contribution in [0.25, 0.3) is 16.6 Å². The number of piperidine rings is 2. The van der Waals surface area contributed by atoms with E-state index in [1.807, 2.05) is 25.3 Å². The number of ether oxygens (including phenoxy) is 1. The molecule has 168 valence electrons. The van der Waals surface area contributed by atoms with Crippen molar-refractivity contribution in [2.75, 3.05) is 26.8 Å². The molecule has 32 heavy (non-hydrogen) atoms. The van der Waals surface area contributed by atoms with E-state index in [1.54, 1.807) is 12.1 Å². The van der Waals surface area contributed by atoms with Gasteiger partial charge in [-0.2, -0.15) is 0 Å². The lowest BCUT2D eigenvalue weighted by Gasteiger charge is -2.59. The van der Waals surface area contributed by atoms with E-state index in [-0.39, 0.29) is 11.2 Å². The number of methoxy groups -OCH3 is 1. The van der Waals surface area contributed by atoms with Crippen LogP contribution in [0.1, 0.15) is 37.4 Å². The summed E-state index contributed by atoms with van der Waals surface area (Å²) in [6.45, 7) is 5.60. The molecule has 5 unspecified atom stereocenters. The van der Waals surface area contributed by atoms with Crippen LogP contribution in [0.5, 0.6) is 0 Å². The highest BCUT2D eigenvalue weighted by atomic mass is 35.5. The van der Waals surface area contributed by atoms with Crippen LogP contribution in [0.15, 0.2) is 42.5 Å².